The number of halogens is 1. The minimum atomic E-state index is -0.346. The first kappa shape index (κ1) is 18.1. The highest BCUT2D eigenvalue weighted by Gasteiger charge is 2.20. The summed E-state index contributed by atoms with van der Waals surface area (Å²) in [4.78, 5) is 19.3. The highest BCUT2D eigenvalue weighted by atomic mass is 19.1. The number of ketones is 1. The van der Waals surface area contributed by atoms with Crippen molar-refractivity contribution in [2.45, 2.75) is 26.2 Å². The number of aliphatic imine (C=N–C) groups is 1. The van der Waals surface area contributed by atoms with E-state index in [1.54, 1.807) is 0 Å². The number of benzene rings is 2. The van der Waals surface area contributed by atoms with Crippen LogP contribution >= 0.6 is 0 Å². The van der Waals surface area contributed by atoms with Crippen molar-refractivity contribution in [3.63, 3.8) is 0 Å². The third kappa shape index (κ3) is 4.48. The molecule has 0 saturated heterocycles. The number of hydrogen-bond donors (Lipinski definition) is 0. The van der Waals surface area contributed by atoms with E-state index in [-0.39, 0.29) is 18.1 Å². The third-order valence-corrected chi connectivity index (χ3v) is 4.34. The molecule has 0 aliphatic carbocycles. The van der Waals surface area contributed by atoms with E-state index in [0.29, 0.717) is 12.2 Å². The van der Waals surface area contributed by atoms with Gasteiger partial charge in [0.25, 0.3) is 0 Å². The molecule has 0 radical (unpaired) electrons. The summed E-state index contributed by atoms with van der Waals surface area (Å²) in [5, 5.41) is 0. The van der Waals surface area contributed by atoms with Crippen molar-refractivity contribution in [3.8, 4) is 5.75 Å². The summed E-state index contributed by atoms with van der Waals surface area (Å²) in [6.07, 6.45) is 2.99. The first-order valence-corrected chi connectivity index (χ1v) is 9.00. The largest absolute Gasteiger partial charge is 0.494 e. The summed E-state index contributed by atoms with van der Waals surface area (Å²) in [6, 6.07) is 13.4. The molecule has 136 valence electrons. The minimum Gasteiger partial charge on any atom is -0.494 e. The number of Topliss-reactive ketones (excluding diaryl/α,β-unsaturated/α-hetero) is 1. The van der Waals surface area contributed by atoms with Crippen LogP contribution in [0.3, 0.4) is 0 Å². The Labute approximate surface area is 153 Å². The lowest BCUT2D eigenvalue weighted by Gasteiger charge is -2.28. The van der Waals surface area contributed by atoms with E-state index in [9.17, 15) is 9.18 Å². The summed E-state index contributed by atoms with van der Waals surface area (Å²) in [6.45, 7) is 3.52. The molecule has 1 heterocycles. The third-order valence-electron chi connectivity index (χ3n) is 4.34. The van der Waals surface area contributed by atoms with Gasteiger partial charge in [-0.1, -0.05) is 0 Å². The number of amidine groups is 1. The Morgan fingerprint density at radius 2 is 1.85 bits per heavy atom. The van der Waals surface area contributed by atoms with Crippen molar-refractivity contribution in [1.29, 1.82) is 0 Å². The molecule has 4 nitrogen and oxygen atoms in total. The highest BCUT2D eigenvalue weighted by Crippen LogP contribution is 2.23. The first-order chi connectivity index (χ1) is 12.7. The second-order valence-electron chi connectivity index (χ2n) is 6.20. The van der Waals surface area contributed by atoms with Gasteiger partial charge in [-0.2, -0.15) is 0 Å². The molecule has 0 aromatic heterocycles. The molecule has 5 heteroatoms. The molecule has 2 aromatic rings. The molecule has 0 saturated carbocycles. The molecule has 0 bridgehead atoms. The first-order valence-electron chi connectivity index (χ1n) is 9.00. The molecular weight excluding hydrogens is 331 g/mol. The van der Waals surface area contributed by atoms with Crippen LogP contribution in [0.5, 0.6) is 5.75 Å². The van der Waals surface area contributed by atoms with Crippen molar-refractivity contribution < 1.29 is 13.9 Å². The molecule has 0 fully saturated rings. The average Bonchev–Trinajstić information content (AvgIpc) is 2.68. The number of rotatable bonds is 6. The highest BCUT2D eigenvalue weighted by molar-refractivity contribution is 6.07. The molecule has 26 heavy (non-hydrogen) atoms. The summed E-state index contributed by atoms with van der Waals surface area (Å²) in [5.41, 5.74) is 1.41. The Kier molecular flexibility index (Phi) is 6.00. The fourth-order valence-corrected chi connectivity index (χ4v) is 2.99. The second kappa shape index (κ2) is 8.61. The van der Waals surface area contributed by atoms with Crippen LogP contribution in [-0.4, -0.2) is 31.3 Å². The lowest BCUT2D eigenvalue weighted by Crippen LogP contribution is -2.37. The smallest absolute Gasteiger partial charge is 0.182 e. The van der Waals surface area contributed by atoms with Gasteiger partial charge in [0.15, 0.2) is 5.78 Å². The zero-order valence-corrected chi connectivity index (χ0v) is 15.0. The van der Waals surface area contributed by atoms with Gasteiger partial charge in [0, 0.05) is 24.2 Å². The Hall–Kier alpha value is -2.69. The van der Waals surface area contributed by atoms with Crippen LogP contribution in [0.4, 0.5) is 10.1 Å². The maximum atomic E-state index is 13.1. The number of carbonyl (C=O) groups excluding carboxylic acids is 1. The van der Waals surface area contributed by atoms with Crippen molar-refractivity contribution in [2.75, 3.05) is 24.6 Å². The maximum Gasteiger partial charge on any atom is 0.182 e. The lowest BCUT2D eigenvalue weighted by atomic mass is 10.1. The molecule has 0 spiro atoms. The predicted molar refractivity (Wildman–Crippen MR) is 102 cm³/mol. The van der Waals surface area contributed by atoms with Crippen molar-refractivity contribution in [2.24, 2.45) is 4.99 Å². The molecular formula is C21H23FN2O2. The topological polar surface area (TPSA) is 41.9 Å². The molecule has 1 aliphatic rings. The predicted octanol–water partition coefficient (Wildman–Crippen LogP) is 4.50. The standard InChI is InChI=1S/C21H23FN2O2/c1-2-26-19-12-10-18(11-13-19)24(21-5-3-4-14-23-21)15-20(25)16-6-8-17(22)9-7-16/h6-13H,2-5,14-15H2,1H3. The Bertz CT molecular complexity index is 770. The van der Waals surface area contributed by atoms with E-state index in [2.05, 4.69) is 4.99 Å². The normalized spacial score (nSPS) is 13.8. The van der Waals surface area contributed by atoms with Gasteiger partial charge >= 0.3 is 0 Å². The molecule has 0 unspecified atom stereocenters. The summed E-state index contributed by atoms with van der Waals surface area (Å²) >= 11 is 0. The zero-order chi connectivity index (χ0) is 18.4. The maximum absolute atomic E-state index is 13.1. The molecule has 2 aromatic carbocycles. The number of hydrogen-bond acceptors (Lipinski definition) is 4. The molecule has 0 atom stereocenters. The average molecular weight is 354 g/mol. The summed E-state index contributed by atoms with van der Waals surface area (Å²) in [5.74, 6) is 1.32. The minimum absolute atomic E-state index is 0.0628. The van der Waals surface area contributed by atoms with Crippen LogP contribution in [0, 0.1) is 5.82 Å². The fourth-order valence-electron chi connectivity index (χ4n) is 2.99. The van der Waals surface area contributed by atoms with E-state index in [0.717, 1.165) is 43.1 Å². The van der Waals surface area contributed by atoms with Gasteiger partial charge in [-0.3, -0.25) is 9.79 Å². The SMILES string of the molecule is CCOc1ccc(N(CC(=O)c2ccc(F)cc2)C2=NCCCC2)cc1. The van der Waals surface area contributed by atoms with E-state index >= 15 is 0 Å². The van der Waals surface area contributed by atoms with E-state index in [4.69, 9.17) is 4.74 Å². The Morgan fingerprint density at radius 3 is 2.46 bits per heavy atom. The molecule has 3 rings (SSSR count). The quantitative estimate of drug-likeness (QED) is 0.718. The monoisotopic (exact) mass is 354 g/mol. The van der Waals surface area contributed by atoms with E-state index in [1.165, 1.54) is 24.3 Å². The molecule has 0 amide bonds. The molecule has 1 aliphatic heterocycles. The second-order valence-corrected chi connectivity index (χ2v) is 6.20. The summed E-state index contributed by atoms with van der Waals surface area (Å²) in [7, 11) is 0. The number of ether oxygens (including phenoxy) is 1. The van der Waals surface area contributed by atoms with Crippen molar-refractivity contribution in [3.05, 3.63) is 59.9 Å². The van der Waals surface area contributed by atoms with Crippen LogP contribution in [0.1, 0.15) is 36.5 Å². The fraction of sp³-hybridized carbons (Fsp3) is 0.333. The zero-order valence-electron chi connectivity index (χ0n) is 15.0. The number of nitrogens with zero attached hydrogens (tertiary/aromatic N) is 2. The van der Waals surface area contributed by atoms with Gasteiger partial charge in [0.2, 0.25) is 0 Å². The van der Waals surface area contributed by atoms with Crippen LogP contribution in [0.2, 0.25) is 0 Å². The van der Waals surface area contributed by atoms with Gasteiger partial charge in [0.05, 0.1) is 13.2 Å². The van der Waals surface area contributed by atoms with E-state index in [1.807, 2.05) is 36.1 Å². The van der Waals surface area contributed by atoms with Gasteiger partial charge in [-0.15, -0.1) is 0 Å². The van der Waals surface area contributed by atoms with Crippen molar-refractivity contribution in [1.82, 2.24) is 0 Å². The Balaban J connectivity index is 1.84. The Morgan fingerprint density at radius 1 is 1.12 bits per heavy atom. The van der Waals surface area contributed by atoms with Gasteiger partial charge in [0.1, 0.15) is 17.4 Å². The van der Waals surface area contributed by atoms with Crippen LogP contribution in [0.25, 0.3) is 0 Å². The van der Waals surface area contributed by atoms with Crippen molar-refractivity contribution >= 4 is 17.3 Å². The van der Waals surface area contributed by atoms with E-state index < -0.39 is 0 Å². The molecule has 0 N–H and O–H groups in total. The number of anilines is 1. The van der Waals surface area contributed by atoms with Crippen LogP contribution in [-0.2, 0) is 0 Å². The van der Waals surface area contributed by atoms with Crippen LogP contribution < -0.4 is 9.64 Å². The van der Waals surface area contributed by atoms with Crippen LogP contribution in [0.15, 0.2) is 53.5 Å². The van der Waals surface area contributed by atoms with Gasteiger partial charge in [-0.25, -0.2) is 4.39 Å². The summed E-state index contributed by atoms with van der Waals surface area (Å²) < 4.78 is 18.6. The number of carbonyl (C=O) groups is 1. The van der Waals surface area contributed by atoms with Gasteiger partial charge < -0.3 is 9.64 Å². The van der Waals surface area contributed by atoms with Gasteiger partial charge in [-0.05, 0) is 68.3 Å². The lowest BCUT2D eigenvalue weighted by molar-refractivity contribution is 0.100.